The summed E-state index contributed by atoms with van der Waals surface area (Å²) in [4.78, 5) is 35.1. The average Bonchev–Trinajstić information content (AvgIpc) is 3.35. The van der Waals surface area contributed by atoms with E-state index >= 15 is 0 Å². The third-order valence-corrected chi connectivity index (χ3v) is 12.7. The van der Waals surface area contributed by atoms with Gasteiger partial charge in [0.2, 0.25) is 5.91 Å². The predicted molar refractivity (Wildman–Crippen MR) is 145 cm³/mol. The van der Waals surface area contributed by atoms with Crippen LogP contribution in [-0.2, 0) is 34.9 Å². The molecule has 5 rings (SSSR count). The van der Waals surface area contributed by atoms with Gasteiger partial charge in [0.05, 0.1) is 30.4 Å². The van der Waals surface area contributed by atoms with Crippen molar-refractivity contribution < 1.29 is 28.3 Å². The smallest absolute Gasteiger partial charge is 0.265 e. The number of imide groups is 1. The third-order valence-electron chi connectivity index (χ3n) is 8.24. The Kier molecular flexibility index (Phi) is 7.36. The molecule has 38 heavy (non-hydrogen) atoms. The zero-order valence-electron chi connectivity index (χ0n) is 23.0. The lowest BCUT2D eigenvalue weighted by Crippen LogP contribution is -2.60. The molecule has 2 aromatic rings. The number of carbonyl (C=O) groups excluding carboxylic acids is 2. The molecule has 0 aliphatic carbocycles. The first-order valence-corrected chi connectivity index (χ1v) is 16.2. The summed E-state index contributed by atoms with van der Waals surface area (Å²) in [5.41, 5.74) is 1.56. The maximum Gasteiger partial charge on any atom is 0.265 e. The SMILES string of the molecule is C[C@H]1OC[C@@H](O[Si](C)(C)C(C)(C)C)[C@@H]([C@H]2[C@@H]3C(=O)N(c4ccccc4)C(=O)[C@@H]3ON2Cc2ccccc2)O1. The van der Waals surface area contributed by atoms with E-state index in [1.807, 2.05) is 55.5 Å². The van der Waals surface area contributed by atoms with E-state index < -0.39 is 44.9 Å². The Balaban J connectivity index is 1.52. The van der Waals surface area contributed by atoms with Crippen LogP contribution in [0.25, 0.3) is 0 Å². The van der Waals surface area contributed by atoms with Gasteiger partial charge in [-0.2, -0.15) is 5.06 Å². The zero-order chi connectivity index (χ0) is 27.2. The highest BCUT2D eigenvalue weighted by molar-refractivity contribution is 6.74. The fourth-order valence-electron chi connectivity index (χ4n) is 5.24. The van der Waals surface area contributed by atoms with Crippen LogP contribution in [0.4, 0.5) is 5.69 Å². The minimum atomic E-state index is -2.22. The van der Waals surface area contributed by atoms with Crippen LogP contribution in [-0.4, -0.2) is 62.4 Å². The number of carbonyl (C=O) groups is 2. The van der Waals surface area contributed by atoms with E-state index in [9.17, 15) is 9.59 Å². The van der Waals surface area contributed by atoms with Gasteiger partial charge in [-0.1, -0.05) is 69.3 Å². The number of benzene rings is 2. The monoisotopic (exact) mass is 538 g/mol. The number of hydrogen-bond acceptors (Lipinski definition) is 7. The van der Waals surface area contributed by atoms with Crippen LogP contribution in [0, 0.1) is 5.92 Å². The Labute approximate surface area is 225 Å². The van der Waals surface area contributed by atoms with Crippen molar-refractivity contribution in [1.29, 1.82) is 0 Å². The lowest BCUT2D eigenvalue weighted by molar-refractivity contribution is -0.272. The molecular formula is C29H38N2O6Si. The van der Waals surface area contributed by atoms with Gasteiger partial charge in [0.15, 0.2) is 20.7 Å². The van der Waals surface area contributed by atoms with Crippen molar-refractivity contribution in [2.24, 2.45) is 5.92 Å². The van der Waals surface area contributed by atoms with Gasteiger partial charge >= 0.3 is 0 Å². The van der Waals surface area contributed by atoms with Crippen LogP contribution in [0.1, 0.15) is 33.3 Å². The molecule has 0 radical (unpaired) electrons. The maximum absolute atomic E-state index is 14.0. The van der Waals surface area contributed by atoms with Crippen LogP contribution >= 0.6 is 0 Å². The summed E-state index contributed by atoms with van der Waals surface area (Å²) in [6, 6.07) is 18.4. The summed E-state index contributed by atoms with van der Waals surface area (Å²) in [5, 5.41) is 1.75. The molecule has 6 atom stereocenters. The molecule has 3 fully saturated rings. The molecule has 2 amide bonds. The Morgan fingerprint density at radius 1 is 0.974 bits per heavy atom. The Morgan fingerprint density at radius 3 is 2.24 bits per heavy atom. The number of para-hydroxylation sites is 1. The van der Waals surface area contributed by atoms with E-state index in [0.717, 1.165) is 5.56 Å². The van der Waals surface area contributed by atoms with Gasteiger partial charge in [0.25, 0.3) is 5.91 Å². The van der Waals surface area contributed by atoms with Gasteiger partial charge in [0.1, 0.15) is 6.10 Å². The summed E-state index contributed by atoms with van der Waals surface area (Å²) < 4.78 is 19.1. The van der Waals surface area contributed by atoms with Gasteiger partial charge in [-0.3, -0.25) is 14.4 Å². The molecule has 0 bridgehead atoms. The molecule has 0 spiro atoms. The second kappa shape index (κ2) is 10.3. The van der Waals surface area contributed by atoms with Crippen molar-refractivity contribution in [3.8, 4) is 0 Å². The largest absolute Gasteiger partial charge is 0.409 e. The Morgan fingerprint density at radius 2 is 1.61 bits per heavy atom. The van der Waals surface area contributed by atoms with Gasteiger partial charge in [-0.15, -0.1) is 0 Å². The van der Waals surface area contributed by atoms with Crippen LogP contribution in [0.15, 0.2) is 60.7 Å². The number of rotatable bonds is 6. The predicted octanol–water partition coefficient (Wildman–Crippen LogP) is 4.51. The first kappa shape index (κ1) is 27.2. The number of anilines is 1. The molecule has 0 saturated carbocycles. The van der Waals surface area contributed by atoms with E-state index in [1.165, 1.54) is 4.90 Å². The molecule has 0 unspecified atom stereocenters. The Hall–Kier alpha value is -2.40. The number of nitrogens with zero attached hydrogens (tertiary/aromatic N) is 2. The van der Waals surface area contributed by atoms with Gasteiger partial charge in [-0.25, -0.2) is 4.90 Å². The molecule has 0 N–H and O–H groups in total. The van der Waals surface area contributed by atoms with Gasteiger partial charge < -0.3 is 13.9 Å². The molecule has 204 valence electrons. The molecule has 2 aromatic carbocycles. The Bertz CT molecular complexity index is 1150. The summed E-state index contributed by atoms with van der Waals surface area (Å²) in [6.45, 7) is 13.6. The highest BCUT2D eigenvalue weighted by Crippen LogP contribution is 2.44. The van der Waals surface area contributed by atoms with E-state index in [4.69, 9.17) is 18.7 Å². The summed E-state index contributed by atoms with van der Waals surface area (Å²) in [7, 11) is -2.22. The van der Waals surface area contributed by atoms with Crippen LogP contribution in [0.3, 0.4) is 0 Å². The van der Waals surface area contributed by atoms with Crippen LogP contribution < -0.4 is 4.90 Å². The summed E-state index contributed by atoms with van der Waals surface area (Å²) in [5.74, 6) is -1.36. The van der Waals surface area contributed by atoms with E-state index in [2.05, 4.69) is 33.9 Å². The quantitative estimate of drug-likeness (QED) is 0.396. The highest BCUT2D eigenvalue weighted by Gasteiger charge is 2.63. The molecule has 3 aliphatic heterocycles. The van der Waals surface area contributed by atoms with E-state index in [-0.39, 0.29) is 16.9 Å². The fraction of sp³-hybridized carbons (Fsp3) is 0.517. The molecule has 0 aromatic heterocycles. The molecule has 9 heteroatoms. The third kappa shape index (κ3) is 4.99. The van der Waals surface area contributed by atoms with Crippen molar-refractivity contribution >= 4 is 25.8 Å². The van der Waals surface area contributed by atoms with Crippen LogP contribution in [0.5, 0.6) is 0 Å². The van der Waals surface area contributed by atoms with Crippen molar-refractivity contribution in [2.45, 2.75) is 83.0 Å². The topological polar surface area (TPSA) is 77.5 Å². The first-order valence-electron chi connectivity index (χ1n) is 13.3. The summed E-state index contributed by atoms with van der Waals surface area (Å²) >= 11 is 0. The lowest BCUT2D eigenvalue weighted by atomic mass is 9.89. The first-order chi connectivity index (χ1) is 18.0. The fourth-order valence-corrected chi connectivity index (χ4v) is 6.55. The van der Waals surface area contributed by atoms with Crippen molar-refractivity contribution in [3.05, 3.63) is 66.2 Å². The number of hydrogen-bond donors (Lipinski definition) is 0. The minimum absolute atomic E-state index is 0.0255. The highest BCUT2D eigenvalue weighted by atomic mass is 28.4. The molecule has 3 heterocycles. The number of amides is 2. The second-order valence-electron chi connectivity index (χ2n) is 11.9. The number of ether oxygens (including phenoxy) is 2. The van der Waals surface area contributed by atoms with Crippen LogP contribution in [0.2, 0.25) is 18.1 Å². The lowest BCUT2D eigenvalue weighted by Gasteiger charge is -2.46. The standard InChI is InChI=1S/C29H38N2O6Si/c1-19-34-18-22(37-38(5,6)29(2,3)4)25(35-19)24-23-26(36-30(24)17-20-13-9-7-10-14-20)28(33)31(27(23)32)21-15-11-8-12-16-21/h7-16,19,22-26H,17-18H2,1-6H3/t19-,22+,23-,24+,25-,26+/m0/s1. The van der Waals surface area contributed by atoms with Crippen molar-refractivity contribution in [3.63, 3.8) is 0 Å². The summed E-state index contributed by atoms with van der Waals surface area (Å²) in [6.07, 6.45) is -2.34. The minimum Gasteiger partial charge on any atom is -0.409 e. The van der Waals surface area contributed by atoms with Gasteiger partial charge in [0, 0.05) is 6.54 Å². The maximum atomic E-state index is 14.0. The number of hydroxylamine groups is 2. The average molecular weight is 539 g/mol. The second-order valence-corrected chi connectivity index (χ2v) is 16.6. The van der Waals surface area contributed by atoms with E-state index in [0.29, 0.717) is 18.8 Å². The zero-order valence-corrected chi connectivity index (χ0v) is 24.0. The normalized spacial score (nSPS) is 30.6. The number of fused-ring (bicyclic) bond motifs is 1. The molecule has 3 aliphatic rings. The van der Waals surface area contributed by atoms with Crippen molar-refractivity contribution in [2.75, 3.05) is 11.5 Å². The molecule has 8 nitrogen and oxygen atoms in total. The molecular weight excluding hydrogens is 500 g/mol. The van der Waals surface area contributed by atoms with Gasteiger partial charge in [-0.05, 0) is 42.8 Å². The van der Waals surface area contributed by atoms with E-state index in [1.54, 1.807) is 17.2 Å². The molecule has 3 saturated heterocycles. The van der Waals surface area contributed by atoms with Crippen molar-refractivity contribution in [1.82, 2.24) is 5.06 Å².